The molecular formula is C4H4F2O2S. The van der Waals surface area contributed by atoms with Crippen LogP contribution in [0.4, 0.5) is 8.78 Å². The molecule has 0 atom stereocenters. The third kappa shape index (κ3) is 4.08. The lowest BCUT2D eigenvalue weighted by molar-refractivity contribution is -0.131. The molecule has 0 aromatic carbocycles. The Morgan fingerprint density at radius 2 is 1.89 bits per heavy atom. The number of halogens is 2. The van der Waals surface area contributed by atoms with Crippen LogP contribution < -0.4 is 0 Å². The van der Waals surface area contributed by atoms with Gasteiger partial charge < -0.3 is 0 Å². The van der Waals surface area contributed by atoms with Crippen LogP contribution in [0.25, 0.3) is 0 Å². The third-order valence-corrected chi connectivity index (χ3v) is 0.727. The van der Waals surface area contributed by atoms with Crippen molar-refractivity contribution in [1.29, 1.82) is 0 Å². The van der Waals surface area contributed by atoms with E-state index in [4.69, 9.17) is 0 Å². The highest BCUT2D eigenvalue weighted by Crippen LogP contribution is 1.99. The summed E-state index contributed by atoms with van der Waals surface area (Å²) < 4.78 is 22.5. The molecule has 0 amide bonds. The molecule has 5 heteroatoms. The molecule has 0 bridgehead atoms. The third-order valence-electron chi connectivity index (χ3n) is 0.569. The molecule has 0 N–H and O–H groups in total. The minimum Gasteiger partial charge on any atom is -0.293 e. The molecule has 0 aliphatic heterocycles. The average Bonchev–Trinajstić information content (AvgIpc) is 1.63. The zero-order chi connectivity index (χ0) is 7.44. The number of rotatable bonds is 3. The van der Waals surface area contributed by atoms with Crippen LogP contribution >= 0.6 is 12.6 Å². The quantitative estimate of drug-likeness (QED) is 0.478. The molecule has 0 aromatic rings. The number of ketones is 1. The first-order valence-electron chi connectivity index (χ1n) is 2.06. The summed E-state index contributed by atoms with van der Waals surface area (Å²) in [5, 5.41) is -0.833. The van der Waals surface area contributed by atoms with Crippen LogP contribution in [-0.4, -0.2) is 17.3 Å². The molecule has 0 aromatic heterocycles. The van der Waals surface area contributed by atoms with Crippen LogP contribution in [0.1, 0.15) is 6.42 Å². The van der Waals surface area contributed by atoms with Gasteiger partial charge in [0.1, 0.15) is 0 Å². The van der Waals surface area contributed by atoms with E-state index in [2.05, 4.69) is 12.6 Å². The molecule has 0 saturated heterocycles. The minimum absolute atomic E-state index is 0.791. The number of carbonyl (C=O) groups excluding carboxylic acids is 2. The average molecular weight is 154 g/mol. The van der Waals surface area contributed by atoms with Gasteiger partial charge in [0.05, 0.1) is 6.42 Å². The van der Waals surface area contributed by atoms with Crippen molar-refractivity contribution in [3.05, 3.63) is 0 Å². The van der Waals surface area contributed by atoms with Gasteiger partial charge in [-0.2, -0.15) is 0 Å². The molecule has 52 valence electrons. The van der Waals surface area contributed by atoms with E-state index in [0.29, 0.717) is 0 Å². The molecule has 0 saturated carbocycles. The van der Waals surface area contributed by atoms with E-state index in [1.54, 1.807) is 0 Å². The molecule has 0 heterocycles. The van der Waals surface area contributed by atoms with Gasteiger partial charge in [0, 0.05) is 0 Å². The highest BCUT2D eigenvalue weighted by atomic mass is 32.1. The van der Waals surface area contributed by atoms with E-state index in [1.807, 2.05) is 0 Å². The number of hydrogen-bond donors (Lipinski definition) is 1. The van der Waals surface area contributed by atoms with Gasteiger partial charge in [0.2, 0.25) is 5.78 Å². The Bertz CT molecular complexity index is 135. The topological polar surface area (TPSA) is 34.1 Å². The number of alkyl halides is 2. The molecule has 0 aliphatic carbocycles. The van der Waals surface area contributed by atoms with Crippen molar-refractivity contribution >= 4 is 23.5 Å². The normalized spacial score (nSPS) is 9.78. The van der Waals surface area contributed by atoms with Crippen molar-refractivity contribution in [2.45, 2.75) is 12.8 Å². The Morgan fingerprint density at radius 3 is 2.00 bits per heavy atom. The molecule has 0 rings (SSSR count). The van der Waals surface area contributed by atoms with E-state index in [0.717, 1.165) is 0 Å². The first-order chi connectivity index (χ1) is 4.04. The van der Waals surface area contributed by atoms with Crippen molar-refractivity contribution in [3.8, 4) is 0 Å². The molecule has 0 unspecified atom stereocenters. The first kappa shape index (κ1) is 8.55. The zero-order valence-corrected chi connectivity index (χ0v) is 5.20. The van der Waals surface area contributed by atoms with Gasteiger partial charge in [0.25, 0.3) is 6.43 Å². The summed E-state index contributed by atoms with van der Waals surface area (Å²) in [4.78, 5) is 19.8. The summed E-state index contributed by atoms with van der Waals surface area (Å²) in [6, 6.07) is 0. The van der Waals surface area contributed by atoms with Gasteiger partial charge >= 0.3 is 0 Å². The fourth-order valence-electron chi connectivity index (χ4n) is 0.226. The Hall–Kier alpha value is -0.450. The molecular weight excluding hydrogens is 150 g/mol. The fourth-order valence-corrected chi connectivity index (χ4v) is 0.382. The molecule has 9 heavy (non-hydrogen) atoms. The highest BCUT2D eigenvalue weighted by molar-refractivity contribution is 7.96. The molecule has 0 fully saturated rings. The maximum Gasteiger partial charge on any atom is 0.296 e. The summed E-state index contributed by atoms with van der Waals surface area (Å²) in [6.07, 6.45) is -3.85. The number of hydrogen-bond acceptors (Lipinski definition) is 2. The van der Waals surface area contributed by atoms with Crippen molar-refractivity contribution in [1.82, 2.24) is 0 Å². The minimum atomic E-state index is -3.05. The van der Waals surface area contributed by atoms with E-state index < -0.39 is 23.7 Å². The van der Waals surface area contributed by atoms with Gasteiger partial charge in [-0.15, -0.1) is 12.6 Å². The van der Waals surface area contributed by atoms with Gasteiger partial charge in [-0.05, 0) is 0 Å². The summed E-state index contributed by atoms with van der Waals surface area (Å²) in [5.41, 5.74) is 0. The lowest BCUT2D eigenvalue weighted by Crippen LogP contribution is -2.12. The lowest BCUT2D eigenvalue weighted by Gasteiger charge is -1.91. The number of carbonyl (C=O) groups is 2. The summed E-state index contributed by atoms with van der Waals surface area (Å²) in [7, 11) is 0. The van der Waals surface area contributed by atoms with Crippen LogP contribution in [0.15, 0.2) is 0 Å². The largest absolute Gasteiger partial charge is 0.296 e. The van der Waals surface area contributed by atoms with Gasteiger partial charge in [-0.1, -0.05) is 0 Å². The second kappa shape index (κ2) is 3.55. The Labute approximate surface area is 55.6 Å². The molecule has 0 radical (unpaired) electrons. The number of thiol groups is 1. The highest BCUT2D eigenvalue weighted by Gasteiger charge is 2.16. The Morgan fingerprint density at radius 1 is 1.44 bits per heavy atom. The van der Waals surface area contributed by atoms with Gasteiger partial charge in [-0.25, -0.2) is 8.78 Å². The fraction of sp³-hybridized carbons (Fsp3) is 0.500. The SMILES string of the molecule is O=C(S)CC(=O)C(F)F. The summed E-state index contributed by atoms with van der Waals surface area (Å²) in [5.74, 6) is -1.38. The van der Waals surface area contributed by atoms with E-state index >= 15 is 0 Å². The van der Waals surface area contributed by atoms with Crippen molar-refractivity contribution < 1.29 is 18.4 Å². The van der Waals surface area contributed by atoms with E-state index in [9.17, 15) is 18.4 Å². The van der Waals surface area contributed by atoms with Crippen molar-refractivity contribution in [2.75, 3.05) is 0 Å². The van der Waals surface area contributed by atoms with Crippen LogP contribution in [0, 0.1) is 0 Å². The second-order valence-corrected chi connectivity index (χ2v) is 1.84. The zero-order valence-electron chi connectivity index (χ0n) is 4.30. The summed E-state index contributed by atoms with van der Waals surface area (Å²) >= 11 is 3.14. The van der Waals surface area contributed by atoms with Crippen molar-refractivity contribution in [2.24, 2.45) is 0 Å². The van der Waals surface area contributed by atoms with E-state index in [-0.39, 0.29) is 0 Å². The van der Waals surface area contributed by atoms with Gasteiger partial charge in [-0.3, -0.25) is 9.59 Å². The van der Waals surface area contributed by atoms with Gasteiger partial charge in [0.15, 0.2) is 5.12 Å². The smallest absolute Gasteiger partial charge is 0.293 e. The lowest BCUT2D eigenvalue weighted by atomic mass is 10.3. The van der Waals surface area contributed by atoms with Crippen LogP contribution in [0.5, 0.6) is 0 Å². The second-order valence-electron chi connectivity index (χ2n) is 1.34. The Balaban J connectivity index is 3.64. The van der Waals surface area contributed by atoms with Crippen LogP contribution in [0.2, 0.25) is 0 Å². The predicted molar refractivity (Wildman–Crippen MR) is 29.6 cm³/mol. The first-order valence-corrected chi connectivity index (χ1v) is 2.51. The van der Waals surface area contributed by atoms with Crippen LogP contribution in [0.3, 0.4) is 0 Å². The molecule has 2 nitrogen and oxygen atoms in total. The monoisotopic (exact) mass is 154 g/mol. The maximum atomic E-state index is 11.3. The molecule has 0 spiro atoms. The Kier molecular flexibility index (Phi) is 3.37. The van der Waals surface area contributed by atoms with Crippen molar-refractivity contribution in [3.63, 3.8) is 0 Å². The van der Waals surface area contributed by atoms with Crippen LogP contribution in [-0.2, 0) is 9.59 Å². The maximum absolute atomic E-state index is 11.3. The molecule has 0 aliphatic rings. The van der Waals surface area contributed by atoms with E-state index in [1.165, 1.54) is 0 Å². The standard InChI is InChI=1S/C4H4F2O2S/c5-4(6)2(7)1-3(8)9/h4H,1H2,(H,8,9). The summed E-state index contributed by atoms with van der Waals surface area (Å²) in [6.45, 7) is 0. The predicted octanol–water partition coefficient (Wildman–Crippen LogP) is 0.667. The number of Topliss-reactive ketones (excluding diaryl/α,β-unsaturated/α-hetero) is 1.